The Kier molecular flexibility index (Phi) is 15.2. The van der Waals surface area contributed by atoms with Crippen LogP contribution in [0.1, 0.15) is 18.4 Å². The van der Waals surface area contributed by atoms with E-state index < -0.39 is 63.6 Å². The first-order chi connectivity index (χ1) is 23.9. The maximum atomic E-state index is 13.5. The molecule has 2 amide bonds. The van der Waals surface area contributed by atoms with E-state index in [0.717, 1.165) is 18.4 Å². The highest BCUT2D eigenvalue weighted by Crippen LogP contribution is 2.24. The molecule has 22 heteroatoms. The molecule has 2 aromatic carbocycles. The second-order valence-corrected chi connectivity index (χ2v) is 13.1. The van der Waals surface area contributed by atoms with E-state index in [0.29, 0.717) is 23.5 Å². The van der Waals surface area contributed by atoms with Crippen molar-refractivity contribution >= 4 is 50.7 Å². The highest BCUT2D eigenvalue weighted by molar-refractivity contribution is 7.92. The Morgan fingerprint density at radius 1 is 0.923 bits per heavy atom. The summed E-state index contributed by atoms with van der Waals surface area (Å²) in [5.41, 5.74) is 7.28. The zero-order valence-electron chi connectivity index (χ0n) is 27.3. The summed E-state index contributed by atoms with van der Waals surface area (Å²) in [4.78, 5) is 60.5. The molecular weight excluding hydrogens is 742 g/mol. The first-order valence-electron chi connectivity index (χ1n) is 14.8. The summed E-state index contributed by atoms with van der Waals surface area (Å²) in [6.07, 6.45) is -10.5. The summed E-state index contributed by atoms with van der Waals surface area (Å²) in [6.45, 7) is 0.784. The van der Waals surface area contributed by atoms with Gasteiger partial charge in [-0.1, -0.05) is 12.1 Å². The molecule has 2 aromatic rings. The van der Waals surface area contributed by atoms with E-state index in [9.17, 15) is 67.5 Å². The third-order valence-corrected chi connectivity index (χ3v) is 7.58. The predicted octanol–water partition coefficient (Wildman–Crippen LogP) is 2.56. The second kappa shape index (κ2) is 18.2. The standard InChI is InChI=1S/C26H33F2N5O6S.C4F6O2/c1-39-26(36)14-21-15-32(16-24(34)30-19-4-3-5-20(13-19)31-40(2,37)38)8-9-33(21)25(35)12-18(29)10-17-6-7-22(27)23(28)11-17;5-3(6,7)1(11)2(12)4(8,9)10/h3-7,11,13,18,21,31H,8-10,12,14-16,29H2,1-2H3,(H,30,34);/t18-,21?;/m1./s1. The Morgan fingerprint density at radius 2 is 1.52 bits per heavy atom. The van der Waals surface area contributed by atoms with Gasteiger partial charge in [-0.15, -0.1) is 0 Å². The van der Waals surface area contributed by atoms with Crippen molar-refractivity contribution in [3.8, 4) is 0 Å². The summed E-state index contributed by atoms with van der Waals surface area (Å²) >= 11 is 0. The first kappa shape index (κ1) is 43.5. The van der Waals surface area contributed by atoms with Crippen LogP contribution in [0.15, 0.2) is 42.5 Å². The van der Waals surface area contributed by atoms with Crippen LogP contribution in [0.3, 0.4) is 0 Å². The summed E-state index contributed by atoms with van der Waals surface area (Å²) in [5.74, 6) is -9.96. The lowest BCUT2D eigenvalue weighted by molar-refractivity contribution is -0.193. The first-order valence-corrected chi connectivity index (χ1v) is 16.7. The molecule has 0 bridgehead atoms. The Hall–Kier alpha value is -4.70. The number of anilines is 2. The second-order valence-electron chi connectivity index (χ2n) is 11.3. The molecule has 1 aliphatic rings. The maximum absolute atomic E-state index is 13.5. The molecule has 2 atom stereocenters. The molecule has 1 unspecified atom stereocenters. The van der Waals surface area contributed by atoms with Crippen LogP contribution in [-0.2, 0) is 45.2 Å². The van der Waals surface area contributed by atoms with Gasteiger partial charge in [-0.05, 0) is 42.3 Å². The van der Waals surface area contributed by atoms with Crippen LogP contribution in [0.5, 0.6) is 0 Å². The lowest BCUT2D eigenvalue weighted by Gasteiger charge is -2.41. The molecule has 13 nitrogen and oxygen atoms in total. The number of ketones is 2. The molecular formula is C30H33F8N5O8S. The number of esters is 1. The average Bonchev–Trinajstić information content (AvgIpc) is 3.00. The monoisotopic (exact) mass is 775 g/mol. The van der Waals surface area contributed by atoms with Crippen LogP contribution in [0, 0.1) is 11.6 Å². The normalized spacial score (nSPS) is 15.8. The van der Waals surface area contributed by atoms with E-state index in [2.05, 4.69) is 10.0 Å². The van der Waals surface area contributed by atoms with Crippen molar-refractivity contribution in [2.75, 3.05) is 49.6 Å². The van der Waals surface area contributed by atoms with E-state index >= 15 is 0 Å². The Balaban J connectivity index is 0.000000667. The van der Waals surface area contributed by atoms with E-state index in [1.54, 1.807) is 23.1 Å². The number of alkyl halides is 6. The van der Waals surface area contributed by atoms with E-state index in [1.807, 2.05) is 0 Å². The minimum absolute atomic E-state index is 0.0287. The number of piperazine rings is 1. The number of carbonyl (C=O) groups excluding carboxylic acids is 5. The highest BCUT2D eigenvalue weighted by atomic mass is 32.2. The lowest BCUT2D eigenvalue weighted by atomic mass is 10.0. The fraction of sp³-hybridized carbons (Fsp3) is 0.433. The third kappa shape index (κ3) is 14.5. The van der Waals surface area contributed by atoms with Crippen LogP contribution < -0.4 is 15.8 Å². The molecule has 1 fully saturated rings. The van der Waals surface area contributed by atoms with E-state index in [4.69, 9.17) is 10.5 Å². The number of sulfonamides is 1. The van der Waals surface area contributed by atoms with E-state index in [1.165, 1.54) is 24.1 Å². The molecule has 1 saturated heterocycles. The number of carbonyl (C=O) groups is 5. The summed E-state index contributed by atoms with van der Waals surface area (Å²) in [7, 11) is -2.24. The van der Waals surface area contributed by atoms with Crippen LogP contribution in [0.25, 0.3) is 0 Å². The zero-order valence-corrected chi connectivity index (χ0v) is 28.1. The van der Waals surface area contributed by atoms with E-state index in [-0.39, 0.29) is 50.7 Å². The molecule has 3 rings (SSSR count). The molecule has 0 aromatic heterocycles. The number of hydrogen-bond acceptors (Lipinski definition) is 10. The van der Waals surface area contributed by atoms with Crippen molar-refractivity contribution in [3.63, 3.8) is 0 Å². The Morgan fingerprint density at radius 3 is 2.06 bits per heavy atom. The Labute approximate surface area is 291 Å². The van der Waals surface area contributed by atoms with Gasteiger partial charge in [0, 0.05) is 37.8 Å². The molecule has 288 valence electrons. The van der Waals surface area contributed by atoms with Gasteiger partial charge in [-0.3, -0.25) is 33.6 Å². The predicted molar refractivity (Wildman–Crippen MR) is 167 cm³/mol. The van der Waals surface area contributed by atoms with Crippen LogP contribution in [0.2, 0.25) is 0 Å². The van der Waals surface area contributed by atoms with Crippen molar-refractivity contribution < 1.29 is 72.3 Å². The SMILES string of the molecule is COC(=O)CC1CN(CC(=O)Nc2cccc(NS(C)(=O)=O)c2)CCN1C(=O)C[C@H](N)Cc1ccc(F)c(F)c1.O=C(C(=O)C(F)(F)F)C(F)(F)F. The van der Waals surface area contributed by atoms with Crippen LogP contribution >= 0.6 is 0 Å². The van der Waals surface area contributed by atoms with Crippen LogP contribution in [0.4, 0.5) is 46.5 Å². The van der Waals surface area contributed by atoms with Crippen molar-refractivity contribution in [1.82, 2.24) is 9.80 Å². The number of nitrogens with two attached hydrogens (primary N) is 1. The topological polar surface area (TPSA) is 185 Å². The molecule has 1 heterocycles. The number of Topliss-reactive ketones (excluding diaryl/α,β-unsaturated/α-hetero) is 2. The number of amides is 2. The molecule has 1 aliphatic heterocycles. The smallest absolute Gasteiger partial charge is 0.458 e. The highest BCUT2D eigenvalue weighted by Gasteiger charge is 2.54. The molecule has 0 aliphatic carbocycles. The van der Waals surface area contributed by atoms with Gasteiger partial charge < -0.3 is 20.7 Å². The van der Waals surface area contributed by atoms with Gasteiger partial charge in [-0.2, -0.15) is 26.3 Å². The number of nitrogens with zero attached hydrogens (tertiary/aromatic N) is 2. The fourth-order valence-electron chi connectivity index (χ4n) is 4.76. The van der Waals surface area contributed by atoms with Gasteiger partial charge in [0.05, 0.1) is 38.1 Å². The molecule has 4 N–H and O–H groups in total. The van der Waals surface area contributed by atoms with Gasteiger partial charge in [-0.25, -0.2) is 17.2 Å². The number of methoxy groups -OCH3 is 1. The van der Waals surface area contributed by atoms with Gasteiger partial charge >= 0.3 is 29.9 Å². The van der Waals surface area contributed by atoms with Crippen LogP contribution in [-0.4, -0.2) is 112 Å². The van der Waals surface area contributed by atoms with Gasteiger partial charge in [0.15, 0.2) is 11.6 Å². The van der Waals surface area contributed by atoms with Crippen molar-refractivity contribution in [2.45, 2.75) is 43.7 Å². The number of halogens is 8. The Bertz CT molecular complexity index is 1720. The largest absolute Gasteiger partial charge is 0.469 e. The summed E-state index contributed by atoms with van der Waals surface area (Å²) < 4.78 is 124. The lowest BCUT2D eigenvalue weighted by Crippen LogP contribution is -2.57. The van der Waals surface area contributed by atoms with Crippen molar-refractivity contribution in [1.29, 1.82) is 0 Å². The molecule has 0 saturated carbocycles. The molecule has 0 spiro atoms. The number of hydrogen-bond donors (Lipinski definition) is 3. The molecule has 52 heavy (non-hydrogen) atoms. The fourth-order valence-corrected chi connectivity index (χ4v) is 5.32. The van der Waals surface area contributed by atoms with Gasteiger partial charge in [0.25, 0.3) is 0 Å². The summed E-state index contributed by atoms with van der Waals surface area (Å²) in [6, 6.07) is 8.47. The van der Waals surface area contributed by atoms with Crippen molar-refractivity contribution in [3.05, 3.63) is 59.7 Å². The van der Waals surface area contributed by atoms with Crippen molar-refractivity contribution in [2.24, 2.45) is 5.73 Å². The minimum Gasteiger partial charge on any atom is -0.469 e. The van der Waals surface area contributed by atoms with Gasteiger partial charge in [0.1, 0.15) is 0 Å². The minimum atomic E-state index is -5.77. The zero-order chi connectivity index (χ0) is 39.6. The number of ether oxygens (including phenoxy) is 1. The number of rotatable bonds is 12. The quantitative estimate of drug-likeness (QED) is 0.165. The summed E-state index contributed by atoms with van der Waals surface area (Å²) in [5, 5.41) is 2.72. The molecule has 0 radical (unpaired) electrons. The average molecular weight is 776 g/mol. The number of benzene rings is 2. The maximum Gasteiger partial charge on any atom is 0.458 e. The third-order valence-electron chi connectivity index (χ3n) is 6.97. The van der Waals surface area contributed by atoms with Gasteiger partial charge in [0.2, 0.25) is 21.8 Å². The number of nitrogens with one attached hydrogen (secondary N) is 2.